The molecule has 2 aromatic rings. The van der Waals surface area contributed by atoms with Crippen molar-refractivity contribution in [2.45, 2.75) is 32.2 Å². The molecule has 2 heterocycles. The van der Waals surface area contributed by atoms with Gasteiger partial charge in [-0.2, -0.15) is 5.10 Å². The first-order valence-corrected chi connectivity index (χ1v) is 6.23. The zero-order valence-electron chi connectivity index (χ0n) is 10.6. The molecule has 2 aromatic heterocycles. The lowest BCUT2D eigenvalue weighted by Gasteiger charge is -2.08. The number of rotatable bonds is 4. The number of carbonyl (C=O) groups is 1. The van der Waals surface area contributed by atoms with E-state index >= 15 is 0 Å². The lowest BCUT2D eigenvalue weighted by atomic mass is 10.3. The molecule has 1 atom stereocenters. The zero-order valence-corrected chi connectivity index (χ0v) is 11.4. The van der Waals surface area contributed by atoms with Crippen molar-refractivity contribution in [3.63, 3.8) is 0 Å². The normalized spacial score (nSPS) is 13.1. The largest absolute Gasteiger partial charge is 0.368 e. The van der Waals surface area contributed by atoms with Gasteiger partial charge in [0.1, 0.15) is 17.9 Å². The van der Waals surface area contributed by atoms with Gasteiger partial charge in [-0.15, -0.1) is 11.6 Å². The van der Waals surface area contributed by atoms with Crippen LogP contribution in [0.2, 0.25) is 0 Å². The van der Waals surface area contributed by atoms with Crippen LogP contribution >= 0.6 is 11.6 Å². The molecule has 18 heavy (non-hydrogen) atoms. The Morgan fingerprint density at radius 2 is 2.22 bits per heavy atom. The summed E-state index contributed by atoms with van der Waals surface area (Å²) in [5.41, 5.74) is 7.75. The van der Waals surface area contributed by atoms with Crippen LogP contribution < -0.4 is 5.73 Å². The van der Waals surface area contributed by atoms with Crippen LogP contribution in [-0.2, 0) is 24.8 Å². The number of hydrogen-bond donors (Lipinski definition) is 1. The fourth-order valence-corrected chi connectivity index (χ4v) is 2.28. The van der Waals surface area contributed by atoms with Gasteiger partial charge in [0.2, 0.25) is 5.91 Å². The second-order valence-corrected chi connectivity index (χ2v) is 4.89. The highest BCUT2D eigenvalue weighted by Gasteiger charge is 2.21. The van der Waals surface area contributed by atoms with Crippen LogP contribution in [0.4, 0.5) is 0 Å². The maximum Gasteiger partial charge on any atom is 0.237 e. The molecule has 0 aliphatic rings. The molecule has 7 heteroatoms. The molecule has 0 radical (unpaired) electrons. The van der Waals surface area contributed by atoms with Gasteiger partial charge in [-0.3, -0.25) is 9.48 Å². The Morgan fingerprint density at radius 1 is 1.56 bits per heavy atom. The summed E-state index contributed by atoms with van der Waals surface area (Å²) in [4.78, 5) is 15.7. The van der Waals surface area contributed by atoms with Gasteiger partial charge >= 0.3 is 0 Å². The SMILES string of the molecule is CCc1nn(C)c2c1nc(C(C)Cl)n2CC(N)=O. The van der Waals surface area contributed by atoms with Gasteiger partial charge < -0.3 is 10.3 Å². The molecule has 0 spiro atoms. The number of nitrogens with zero attached hydrogens (tertiary/aromatic N) is 4. The molecular weight excluding hydrogens is 254 g/mol. The second-order valence-electron chi connectivity index (χ2n) is 4.23. The quantitative estimate of drug-likeness (QED) is 0.845. The predicted octanol–water partition coefficient (Wildman–Crippen LogP) is 1.12. The molecule has 6 nitrogen and oxygen atoms in total. The number of primary amides is 1. The number of alkyl halides is 1. The van der Waals surface area contributed by atoms with Crippen LogP contribution in [0.15, 0.2) is 0 Å². The first-order chi connectivity index (χ1) is 8.45. The Bertz CT molecular complexity index is 598. The number of fused-ring (bicyclic) bond motifs is 1. The standard InChI is InChI=1S/C11H16ClN5O/c1-4-7-9-11(16(3)15-7)17(5-8(13)18)10(14-9)6(2)12/h6H,4-5H2,1-3H3,(H2,13,18). The molecule has 1 unspecified atom stereocenters. The Morgan fingerprint density at radius 3 is 2.72 bits per heavy atom. The van der Waals surface area contributed by atoms with E-state index in [0.29, 0.717) is 5.82 Å². The summed E-state index contributed by atoms with van der Waals surface area (Å²) in [5, 5.41) is 4.08. The second kappa shape index (κ2) is 4.61. The van der Waals surface area contributed by atoms with Gasteiger partial charge in [-0.05, 0) is 13.3 Å². The highest BCUT2D eigenvalue weighted by molar-refractivity contribution is 6.20. The van der Waals surface area contributed by atoms with Crippen molar-refractivity contribution in [3.8, 4) is 0 Å². The van der Waals surface area contributed by atoms with Crippen LogP contribution in [0.1, 0.15) is 30.7 Å². The predicted molar refractivity (Wildman–Crippen MR) is 69.3 cm³/mol. The smallest absolute Gasteiger partial charge is 0.237 e. The monoisotopic (exact) mass is 269 g/mol. The average molecular weight is 270 g/mol. The zero-order chi connectivity index (χ0) is 13.4. The fraction of sp³-hybridized carbons (Fsp3) is 0.545. The minimum atomic E-state index is -0.424. The van der Waals surface area contributed by atoms with Crippen LogP contribution in [0.3, 0.4) is 0 Å². The number of carbonyl (C=O) groups excluding carboxylic acids is 1. The number of aryl methyl sites for hydroxylation is 2. The maximum absolute atomic E-state index is 11.2. The third kappa shape index (κ3) is 1.96. The van der Waals surface area contributed by atoms with E-state index in [-0.39, 0.29) is 11.9 Å². The summed E-state index contributed by atoms with van der Waals surface area (Å²) in [6.07, 6.45) is 0.779. The topological polar surface area (TPSA) is 78.7 Å². The third-order valence-corrected chi connectivity index (χ3v) is 3.02. The lowest BCUT2D eigenvalue weighted by Crippen LogP contribution is -2.21. The van der Waals surface area contributed by atoms with Gasteiger partial charge in [-0.25, -0.2) is 4.98 Å². The van der Waals surface area contributed by atoms with E-state index in [1.165, 1.54) is 0 Å². The third-order valence-electron chi connectivity index (χ3n) is 2.83. The summed E-state index contributed by atoms with van der Waals surface area (Å²) < 4.78 is 3.45. The van der Waals surface area contributed by atoms with Crippen LogP contribution in [-0.4, -0.2) is 25.2 Å². The number of aromatic nitrogens is 4. The first-order valence-electron chi connectivity index (χ1n) is 5.80. The number of nitrogens with two attached hydrogens (primary N) is 1. The molecule has 2 rings (SSSR count). The number of hydrogen-bond acceptors (Lipinski definition) is 3. The summed E-state index contributed by atoms with van der Waals surface area (Å²) in [5.74, 6) is 0.222. The van der Waals surface area contributed by atoms with E-state index in [9.17, 15) is 4.79 Å². The van der Waals surface area contributed by atoms with E-state index < -0.39 is 5.91 Å². The Labute approximate surface area is 110 Å². The van der Waals surface area contributed by atoms with E-state index in [0.717, 1.165) is 23.3 Å². The summed E-state index contributed by atoms with van der Waals surface area (Å²) in [6, 6.07) is 0. The highest BCUT2D eigenvalue weighted by Crippen LogP contribution is 2.26. The average Bonchev–Trinajstić information content (AvgIpc) is 2.77. The Balaban J connectivity index is 2.72. The van der Waals surface area contributed by atoms with Crippen molar-refractivity contribution in [3.05, 3.63) is 11.5 Å². The summed E-state index contributed by atoms with van der Waals surface area (Å²) >= 11 is 6.10. The van der Waals surface area contributed by atoms with Gasteiger partial charge in [0, 0.05) is 7.05 Å². The molecule has 0 aliphatic heterocycles. The van der Waals surface area contributed by atoms with Crippen molar-refractivity contribution in [2.75, 3.05) is 0 Å². The molecule has 0 aromatic carbocycles. The van der Waals surface area contributed by atoms with Crippen molar-refractivity contribution in [1.29, 1.82) is 0 Å². The summed E-state index contributed by atoms with van der Waals surface area (Å²) in [6.45, 7) is 3.89. The molecular formula is C11H16ClN5O. The molecule has 1 amide bonds. The van der Waals surface area contributed by atoms with E-state index in [4.69, 9.17) is 17.3 Å². The number of halogens is 1. The van der Waals surface area contributed by atoms with Gasteiger partial charge in [0.05, 0.1) is 11.1 Å². The van der Waals surface area contributed by atoms with Gasteiger partial charge in [-0.1, -0.05) is 6.92 Å². The molecule has 2 N–H and O–H groups in total. The molecule has 98 valence electrons. The number of amides is 1. The lowest BCUT2D eigenvalue weighted by molar-refractivity contribution is -0.118. The Hall–Kier alpha value is -1.56. The maximum atomic E-state index is 11.2. The van der Waals surface area contributed by atoms with Crippen molar-refractivity contribution in [2.24, 2.45) is 12.8 Å². The van der Waals surface area contributed by atoms with Crippen molar-refractivity contribution < 1.29 is 4.79 Å². The minimum absolute atomic E-state index is 0.0611. The van der Waals surface area contributed by atoms with Crippen molar-refractivity contribution in [1.82, 2.24) is 19.3 Å². The molecule has 0 aliphatic carbocycles. The minimum Gasteiger partial charge on any atom is -0.368 e. The molecule has 0 saturated heterocycles. The van der Waals surface area contributed by atoms with E-state index in [2.05, 4.69) is 10.1 Å². The summed E-state index contributed by atoms with van der Waals surface area (Å²) in [7, 11) is 1.82. The fourth-order valence-electron chi connectivity index (χ4n) is 2.11. The van der Waals surface area contributed by atoms with Crippen LogP contribution in [0, 0.1) is 0 Å². The van der Waals surface area contributed by atoms with Crippen LogP contribution in [0.25, 0.3) is 11.2 Å². The van der Waals surface area contributed by atoms with Gasteiger partial charge in [0.15, 0.2) is 5.65 Å². The Kier molecular flexibility index (Phi) is 3.30. The molecule has 0 bridgehead atoms. The van der Waals surface area contributed by atoms with E-state index in [1.807, 2.05) is 20.9 Å². The van der Waals surface area contributed by atoms with Crippen LogP contribution in [0.5, 0.6) is 0 Å². The van der Waals surface area contributed by atoms with Gasteiger partial charge in [0.25, 0.3) is 0 Å². The molecule has 0 saturated carbocycles. The first kappa shape index (κ1) is 12.9. The van der Waals surface area contributed by atoms with E-state index in [1.54, 1.807) is 9.25 Å². The highest BCUT2D eigenvalue weighted by atomic mass is 35.5. The molecule has 0 fully saturated rings. The van der Waals surface area contributed by atoms with Crippen molar-refractivity contribution >= 4 is 28.7 Å². The number of imidazole rings is 1.